The quantitative estimate of drug-likeness (QED) is 0.936. The van der Waals surface area contributed by atoms with E-state index in [0.717, 1.165) is 31.1 Å². The van der Waals surface area contributed by atoms with Crippen LogP contribution >= 0.6 is 11.3 Å². The first-order chi connectivity index (χ1) is 11.1. The summed E-state index contributed by atoms with van der Waals surface area (Å²) in [4.78, 5) is 19.8. The summed E-state index contributed by atoms with van der Waals surface area (Å²) in [5.41, 5.74) is 1.86. The first kappa shape index (κ1) is 16.1. The fourth-order valence-corrected chi connectivity index (χ4v) is 3.30. The highest BCUT2D eigenvalue weighted by atomic mass is 32.1. The molecule has 1 aromatic carbocycles. The molecule has 0 saturated carbocycles. The summed E-state index contributed by atoms with van der Waals surface area (Å²) in [6, 6.07) is 7.77. The van der Waals surface area contributed by atoms with Crippen LogP contribution in [0.15, 0.2) is 30.5 Å². The van der Waals surface area contributed by atoms with Crippen molar-refractivity contribution in [2.45, 2.75) is 26.5 Å². The van der Waals surface area contributed by atoms with Crippen LogP contribution in [0.3, 0.4) is 0 Å². The van der Waals surface area contributed by atoms with Crippen LogP contribution in [0.5, 0.6) is 0 Å². The molecule has 1 aliphatic heterocycles. The van der Waals surface area contributed by atoms with Crippen LogP contribution in [0, 0.1) is 6.92 Å². The molecule has 1 amide bonds. The number of aryl methyl sites for hydroxylation is 1. The Morgan fingerprint density at radius 1 is 1.43 bits per heavy atom. The Hall–Kier alpha value is -1.76. The van der Waals surface area contributed by atoms with E-state index in [2.05, 4.69) is 22.1 Å². The van der Waals surface area contributed by atoms with E-state index in [-0.39, 0.29) is 12.0 Å². The third-order valence-electron chi connectivity index (χ3n) is 3.79. The molecule has 1 aliphatic rings. The summed E-state index contributed by atoms with van der Waals surface area (Å²) < 4.78 is 5.56. The minimum atomic E-state index is -0.120. The van der Waals surface area contributed by atoms with E-state index in [1.807, 2.05) is 31.2 Å². The molecule has 1 atom stereocenters. The van der Waals surface area contributed by atoms with Crippen LogP contribution in [0.25, 0.3) is 0 Å². The molecule has 0 aliphatic carbocycles. The number of aromatic nitrogens is 1. The van der Waals surface area contributed by atoms with Crippen molar-refractivity contribution >= 4 is 22.4 Å². The Morgan fingerprint density at radius 3 is 2.87 bits per heavy atom. The van der Waals surface area contributed by atoms with E-state index in [0.29, 0.717) is 10.7 Å². The standard InChI is InChI=1S/C17H21N3O2S/c1-12-10-20(7-8-22-12)11-14-3-5-15(6-4-14)16(21)19-17-18-9-13(2)23-17/h3-6,9,12H,7-8,10-11H2,1-2H3,(H,18,19,21). The molecule has 1 aromatic heterocycles. The molecule has 23 heavy (non-hydrogen) atoms. The molecule has 1 N–H and O–H groups in total. The van der Waals surface area contributed by atoms with Gasteiger partial charge < -0.3 is 4.74 Å². The summed E-state index contributed by atoms with van der Waals surface area (Å²) in [7, 11) is 0. The maximum atomic E-state index is 12.2. The van der Waals surface area contributed by atoms with Gasteiger partial charge in [0.25, 0.3) is 5.91 Å². The van der Waals surface area contributed by atoms with Gasteiger partial charge in [-0.15, -0.1) is 11.3 Å². The number of nitrogens with zero attached hydrogens (tertiary/aromatic N) is 2. The van der Waals surface area contributed by atoms with Crippen molar-refractivity contribution in [3.63, 3.8) is 0 Å². The molecule has 0 spiro atoms. The topological polar surface area (TPSA) is 54.5 Å². The average Bonchev–Trinajstić information content (AvgIpc) is 2.93. The average molecular weight is 331 g/mol. The Balaban J connectivity index is 1.59. The van der Waals surface area contributed by atoms with Crippen LogP contribution in [0.1, 0.15) is 27.7 Å². The predicted octanol–water partition coefficient (Wildman–Crippen LogP) is 2.92. The summed E-state index contributed by atoms with van der Waals surface area (Å²) in [5.74, 6) is -0.120. The molecule has 1 fully saturated rings. The normalized spacial score (nSPS) is 18.8. The minimum absolute atomic E-state index is 0.120. The number of anilines is 1. The largest absolute Gasteiger partial charge is 0.376 e. The lowest BCUT2D eigenvalue weighted by Crippen LogP contribution is -2.40. The number of rotatable bonds is 4. The van der Waals surface area contributed by atoms with Crippen molar-refractivity contribution in [1.82, 2.24) is 9.88 Å². The molecule has 1 unspecified atom stereocenters. The lowest BCUT2D eigenvalue weighted by Gasteiger charge is -2.31. The summed E-state index contributed by atoms with van der Waals surface area (Å²) in [5, 5.41) is 3.47. The van der Waals surface area contributed by atoms with Crippen molar-refractivity contribution in [2.24, 2.45) is 0 Å². The lowest BCUT2D eigenvalue weighted by molar-refractivity contribution is -0.0212. The van der Waals surface area contributed by atoms with Crippen LogP contribution < -0.4 is 5.32 Å². The van der Waals surface area contributed by atoms with Crippen LogP contribution in [-0.2, 0) is 11.3 Å². The molecule has 1 saturated heterocycles. The van der Waals surface area contributed by atoms with Crippen molar-refractivity contribution in [2.75, 3.05) is 25.0 Å². The number of morpholine rings is 1. The predicted molar refractivity (Wildman–Crippen MR) is 91.9 cm³/mol. The van der Waals surface area contributed by atoms with Crippen molar-refractivity contribution in [3.8, 4) is 0 Å². The molecule has 2 aromatic rings. The molecule has 0 radical (unpaired) electrons. The molecular formula is C17H21N3O2S. The van der Waals surface area contributed by atoms with E-state index in [1.54, 1.807) is 6.20 Å². The van der Waals surface area contributed by atoms with Crippen LogP contribution in [0.2, 0.25) is 0 Å². The number of thiazole rings is 1. The van der Waals surface area contributed by atoms with Crippen molar-refractivity contribution in [3.05, 3.63) is 46.5 Å². The molecule has 6 heteroatoms. The van der Waals surface area contributed by atoms with Gasteiger partial charge in [-0.25, -0.2) is 4.98 Å². The van der Waals surface area contributed by atoms with Crippen LogP contribution in [0.4, 0.5) is 5.13 Å². The number of carbonyl (C=O) groups excluding carboxylic acids is 1. The zero-order valence-electron chi connectivity index (χ0n) is 13.4. The second-order valence-corrected chi connectivity index (χ2v) is 7.08. The Morgan fingerprint density at radius 2 is 2.22 bits per heavy atom. The van der Waals surface area contributed by atoms with Gasteiger partial charge in [-0.1, -0.05) is 12.1 Å². The highest BCUT2D eigenvalue weighted by Crippen LogP contribution is 2.18. The third kappa shape index (κ3) is 4.37. The Labute approximate surface area is 140 Å². The van der Waals surface area contributed by atoms with Gasteiger partial charge in [-0.3, -0.25) is 15.0 Å². The maximum Gasteiger partial charge on any atom is 0.257 e. The van der Waals surface area contributed by atoms with Gasteiger partial charge in [0.2, 0.25) is 0 Å². The summed E-state index contributed by atoms with van der Waals surface area (Å²) in [6.07, 6.45) is 2.04. The molecule has 5 nitrogen and oxygen atoms in total. The smallest absolute Gasteiger partial charge is 0.257 e. The molecule has 0 bridgehead atoms. The lowest BCUT2D eigenvalue weighted by atomic mass is 10.1. The highest BCUT2D eigenvalue weighted by molar-refractivity contribution is 7.15. The van der Waals surface area contributed by atoms with Crippen molar-refractivity contribution < 1.29 is 9.53 Å². The second-order valence-electron chi connectivity index (χ2n) is 5.84. The van der Waals surface area contributed by atoms with Gasteiger partial charge in [-0.05, 0) is 31.5 Å². The number of carbonyl (C=O) groups is 1. The highest BCUT2D eigenvalue weighted by Gasteiger charge is 2.16. The number of hydrogen-bond acceptors (Lipinski definition) is 5. The SMILES string of the molecule is Cc1cnc(NC(=O)c2ccc(CN3CCOC(C)C3)cc2)s1. The zero-order chi connectivity index (χ0) is 16.2. The van der Waals surface area contributed by atoms with Gasteiger partial charge in [0, 0.05) is 36.3 Å². The first-order valence-electron chi connectivity index (χ1n) is 7.77. The van der Waals surface area contributed by atoms with E-state index >= 15 is 0 Å². The van der Waals surface area contributed by atoms with Gasteiger partial charge in [-0.2, -0.15) is 0 Å². The Bertz CT molecular complexity index is 669. The number of ether oxygens (including phenoxy) is 1. The maximum absolute atomic E-state index is 12.2. The minimum Gasteiger partial charge on any atom is -0.376 e. The van der Waals surface area contributed by atoms with Gasteiger partial charge in [0.05, 0.1) is 12.7 Å². The van der Waals surface area contributed by atoms with Crippen LogP contribution in [-0.4, -0.2) is 41.6 Å². The number of nitrogens with one attached hydrogen (secondary N) is 1. The molecular weight excluding hydrogens is 310 g/mol. The second kappa shape index (κ2) is 7.21. The van der Waals surface area contributed by atoms with Gasteiger partial charge >= 0.3 is 0 Å². The first-order valence-corrected chi connectivity index (χ1v) is 8.58. The zero-order valence-corrected chi connectivity index (χ0v) is 14.2. The fourth-order valence-electron chi connectivity index (χ4n) is 2.64. The van der Waals surface area contributed by atoms with Gasteiger partial charge in [0.15, 0.2) is 5.13 Å². The van der Waals surface area contributed by atoms with E-state index in [4.69, 9.17) is 4.74 Å². The van der Waals surface area contributed by atoms with E-state index in [1.165, 1.54) is 16.9 Å². The van der Waals surface area contributed by atoms with Gasteiger partial charge in [0.1, 0.15) is 0 Å². The third-order valence-corrected chi connectivity index (χ3v) is 4.62. The van der Waals surface area contributed by atoms with Crippen molar-refractivity contribution in [1.29, 1.82) is 0 Å². The molecule has 2 heterocycles. The van der Waals surface area contributed by atoms with E-state index in [9.17, 15) is 4.79 Å². The summed E-state index contributed by atoms with van der Waals surface area (Å²) >= 11 is 1.48. The number of benzene rings is 1. The van der Waals surface area contributed by atoms with E-state index < -0.39 is 0 Å². The number of hydrogen-bond donors (Lipinski definition) is 1. The Kier molecular flexibility index (Phi) is 5.05. The number of amides is 1. The molecule has 122 valence electrons. The fraction of sp³-hybridized carbons (Fsp3) is 0.412. The monoisotopic (exact) mass is 331 g/mol. The molecule has 3 rings (SSSR count). The summed E-state index contributed by atoms with van der Waals surface area (Å²) in [6.45, 7) is 7.65.